The molecule has 0 radical (unpaired) electrons. The maximum atomic E-state index is 12.6. The van der Waals surface area contributed by atoms with E-state index in [2.05, 4.69) is 36.1 Å². The third kappa shape index (κ3) is 3.95. The standard InChI is InChI=1S/C20H24N2O2/c1-16-3-5-17(6-4-16)15-21-11-13-22(14-12-21)20(23)18-7-9-19(24-2)10-8-18/h3-10H,11-15H2,1-2H3. The molecule has 0 atom stereocenters. The van der Waals surface area contributed by atoms with E-state index >= 15 is 0 Å². The van der Waals surface area contributed by atoms with Gasteiger partial charge in [-0.3, -0.25) is 9.69 Å². The average Bonchev–Trinajstić information content (AvgIpc) is 2.64. The number of carbonyl (C=O) groups is 1. The zero-order chi connectivity index (χ0) is 16.9. The zero-order valence-electron chi connectivity index (χ0n) is 14.4. The van der Waals surface area contributed by atoms with E-state index in [0.717, 1.165) is 44.0 Å². The molecule has 0 spiro atoms. The zero-order valence-corrected chi connectivity index (χ0v) is 14.4. The van der Waals surface area contributed by atoms with E-state index in [4.69, 9.17) is 4.74 Å². The lowest BCUT2D eigenvalue weighted by Gasteiger charge is -2.34. The van der Waals surface area contributed by atoms with E-state index in [0.29, 0.717) is 0 Å². The Morgan fingerprint density at radius 2 is 1.58 bits per heavy atom. The topological polar surface area (TPSA) is 32.8 Å². The molecule has 1 amide bonds. The Bertz CT molecular complexity index is 672. The molecule has 24 heavy (non-hydrogen) atoms. The second-order valence-corrected chi connectivity index (χ2v) is 6.28. The van der Waals surface area contributed by atoms with Gasteiger partial charge >= 0.3 is 0 Å². The molecule has 4 heteroatoms. The highest BCUT2D eigenvalue weighted by atomic mass is 16.5. The van der Waals surface area contributed by atoms with Gasteiger partial charge in [0, 0.05) is 38.3 Å². The van der Waals surface area contributed by atoms with Gasteiger partial charge in [-0.15, -0.1) is 0 Å². The van der Waals surface area contributed by atoms with Crippen molar-refractivity contribution in [2.45, 2.75) is 13.5 Å². The van der Waals surface area contributed by atoms with Crippen LogP contribution in [0, 0.1) is 6.92 Å². The minimum atomic E-state index is 0.104. The lowest BCUT2D eigenvalue weighted by atomic mass is 10.1. The fourth-order valence-electron chi connectivity index (χ4n) is 2.98. The Hall–Kier alpha value is -2.33. The number of aryl methyl sites for hydroxylation is 1. The fourth-order valence-corrected chi connectivity index (χ4v) is 2.98. The van der Waals surface area contributed by atoms with E-state index < -0.39 is 0 Å². The monoisotopic (exact) mass is 324 g/mol. The third-order valence-corrected chi connectivity index (χ3v) is 4.52. The summed E-state index contributed by atoms with van der Waals surface area (Å²) < 4.78 is 5.14. The molecular formula is C20H24N2O2. The van der Waals surface area contributed by atoms with Crippen LogP contribution in [0.1, 0.15) is 21.5 Å². The van der Waals surface area contributed by atoms with E-state index in [-0.39, 0.29) is 5.91 Å². The molecule has 0 unspecified atom stereocenters. The molecule has 3 rings (SSSR count). The average molecular weight is 324 g/mol. The first-order chi connectivity index (χ1) is 11.7. The summed E-state index contributed by atoms with van der Waals surface area (Å²) in [5, 5.41) is 0. The first kappa shape index (κ1) is 16.5. The molecule has 0 N–H and O–H groups in total. The van der Waals surface area contributed by atoms with Crippen LogP contribution < -0.4 is 4.74 Å². The first-order valence-electron chi connectivity index (χ1n) is 8.37. The maximum Gasteiger partial charge on any atom is 0.253 e. The van der Waals surface area contributed by atoms with E-state index in [1.807, 2.05) is 29.2 Å². The van der Waals surface area contributed by atoms with Gasteiger partial charge in [-0.1, -0.05) is 29.8 Å². The largest absolute Gasteiger partial charge is 0.497 e. The van der Waals surface area contributed by atoms with Crippen LogP contribution in [0.25, 0.3) is 0 Å². The number of ether oxygens (including phenoxy) is 1. The summed E-state index contributed by atoms with van der Waals surface area (Å²) in [7, 11) is 1.63. The molecule has 0 saturated carbocycles. The van der Waals surface area contributed by atoms with Gasteiger partial charge < -0.3 is 9.64 Å². The van der Waals surface area contributed by atoms with Crippen LogP contribution in [0.15, 0.2) is 48.5 Å². The molecule has 4 nitrogen and oxygen atoms in total. The van der Waals surface area contributed by atoms with Crippen molar-refractivity contribution in [3.63, 3.8) is 0 Å². The number of benzene rings is 2. The molecule has 1 aliphatic rings. The Kier molecular flexibility index (Phi) is 5.16. The summed E-state index contributed by atoms with van der Waals surface area (Å²) in [4.78, 5) is 16.9. The SMILES string of the molecule is COc1ccc(C(=O)N2CCN(Cc3ccc(C)cc3)CC2)cc1. The van der Waals surface area contributed by atoms with Crippen molar-refractivity contribution in [1.29, 1.82) is 0 Å². The van der Waals surface area contributed by atoms with Crippen LogP contribution in [-0.4, -0.2) is 49.0 Å². The van der Waals surface area contributed by atoms with Crippen LogP contribution in [0.4, 0.5) is 0 Å². The van der Waals surface area contributed by atoms with Crippen LogP contribution in [-0.2, 0) is 6.54 Å². The molecule has 0 aliphatic carbocycles. The summed E-state index contributed by atoms with van der Waals surface area (Å²) in [5.74, 6) is 0.877. The number of carbonyl (C=O) groups excluding carboxylic acids is 1. The van der Waals surface area contributed by atoms with E-state index in [9.17, 15) is 4.79 Å². The molecule has 2 aromatic rings. The Morgan fingerprint density at radius 3 is 2.17 bits per heavy atom. The molecule has 0 aromatic heterocycles. The second kappa shape index (κ2) is 7.49. The number of amides is 1. The van der Waals surface area contributed by atoms with Crippen molar-refractivity contribution in [2.75, 3.05) is 33.3 Å². The summed E-state index contributed by atoms with van der Waals surface area (Å²) >= 11 is 0. The number of methoxy groups -OCH3 is 1. The van der Waals surface area contributed by atoms with E-state index in [1.165, 1.54) is 11.1 Å². The predicted molar refractivity (Wildman–Crippen MR) is 95.4 cm³/mol. The Balaban J connectivity index is 1.54. The molecule has 126 valence electrons. The third-order valence-electron chi connectivity index (χ3n) is 4.52. The number of nitrogens with zero attached hydrogens (tertiary/aromatic N) is 2. The fraction of sp³-hybridized carbons (Fsp3) is 0.350. The van der Waals surface area contributed by atoms with Gasteiger partial charge in [0.15, 0.2) is 0 Å². The molecule has 1 heterocycles. The van der Waals surface area contributed by atoms with Crippen molar-refractivity contribution in [3.8, 4) is 5.75 Å². The van der Waals surface area contributed by atoms with Gasteiger partial charge in [0.05, 0.1) is 7.11 Å². The Morgan fingerprint density at radius 1 is 0.958 bits per heavy atom. The minimum Gasteiger partial charge on any atom is -0.497 e. The normalized spacial score (nSPS) is 15.3. The van der Waals surface area contributed by atoms with Gasteiger partial charge in [-0.25, -0.2) is 0 Å². The lowest BCUT2D eigenvalue weighted by Crippen LogP contribution is -2.48. The highest BCUT2D eigenvalue weighted by molar-refractivity contribution is 5.94. The van der Waals surface area contributed by atoms with Gasteiger partial charge in [-0.2, -0.15) is 0 Å². The van der Waals surface area contributed by atoms with E-state index in [1.54, 1.807) is 7.11 Å². The highest BCUT2D eigenvalue weighted by Crippen LogP contribution is 2.15. The summed E-state index contributed by atoms with van der Waals surface area (Å²) in [6, 6.07) is 16.0. The predicted octanol–water partition coefficient (Wildman–Crippen LogP) is 2.96. The minimum absolute atomic E-state index is 0.104. The van der Waals surface area contributed by atoms with Crippen molar-refractivity contribution >= 4 is 5.91 Å². The van der Waals surface area contributed by atoms with Crippen LogP contribution in [0.5, 0.6) is 5.75 Å². The molecule has 2 aromatic carbocycles. The highest BCUT2D eigenvalue weighted by Gasteiger charge is 2.22. The smallest absolute Gasteiger partial charge is 0.253 e. The van der Waals surface area contributed by atoms with Crippen molar-refractivity contribution < 1.29 is 9.53 Å². The Labute approximate surface area is 143 Å². The van der Waals surface area contributed by atoms with Gasteiger partial charge in [0.1, 0.15) is 5.75 Å². The molecule has 1 fully saturated rings. The molecule has 1 saturated heterocycles. The van der Waals surface area contributed by atoms with Crippen molar-refractivity contribution in [1.82, 2.24) is 9.80 Å². The van der Waals surface area contributed by atoms with Gasteiger partial charge in [0.2, 0.25) is 0 Å². The quantitative estimate of drug-likeness (QED) is 0.867. The van der Waals surface area contributed by atoms with Gasteiger partial charge in [0.25, 0.3) is 5.91 Å². The summed E-state index contributed by atoms with van der Waals surface area (Å²) in [5.41, 5.74) is 3.34. The van der Waals surface area contributed by atoms with Crippen LogP contribution in [0.3, 0.4) is 0 Å². The maximum absolute atomic E-state index is 12.6. The van der Waals surface area contributed by atoms with Gasteiger partial charge in [-0.05, 0) is 36.8 Å². The first-order valence-corrected chi connectivity index (χ1v) is 8.37. The van der Waals surface area contributed by atoms with Crippen molar-refractivity contribution in [2.24, 2.45) is 0 Å². The second-order valence-electron chi connectivity index (χ2n) is 6.28. The number of hydrogen-bond acceptors (Lipinski definition) is 3. The molecule has 0 bridgehead atoms. The van der Waals surface area contributed by atoms with Crippen LogP contribution >= 0.6 is 0 Å². The number of hydrogen-bond donors (Lipinski definition) is 0. The lowest BCUT2D eigenvalue weighted by molar-refractivity contribution is 0.0628. The van der Waals surface area contributed by atoms with Crippen molar-refractivity contribution in [3.05, 3.63) is 65.2 Å². The molecule has 1 aliphatic heterocycles. The number of rotatable bonds is 4. The molecular weight excluding hydrogens is 300 g/mol. The summed E-state index contributed by atoms with van der Waals surface area (Å²) in [6.07, 6.45) is 0. The summed E-state index contributed by atoms with van der Waals surface area (Å²) in [6.45, 7) is 6.43. The van der Waals surface area contributed by atoms with Crippen LogP contribution in [0.2, 0.25) is 0 Å². The number of piperazine rings is 1.